The molecular weight excluding hydrogens is 382 g/mol. The van der Waals surface area contributed by atoms with Crippen LogP contribution < -0.4 is 14.8 Å². The van der Waals surface area contributed by atoms with Crippen LogP contribution >= 0.6 is 11.6 Å². The summed E-state index contributed by atoms with van der Waals surface area (Å²) in [6, 6.07) is 10.7. The Morgan fingerprint density at radius 3 is 2.61 bits per heavy atom. The average molecular weight is 402 g/mol. The summed E-state index contributed by atoms with van der Waals surface area (Å²) in [7, 11) is 1.61. The molecule has 1 amide bonds. The normalized spacial score (nSPS) is 11.8. The highest BCUT2D eigenvalue weighted by Gasteiger charge is 2.21. The van der Waals surface area contributed by atoms with E-state index in [-0.39, 0.29) is 11.7 Å². The second kappa shape index (κ2) is 8.31. The van der Waals surface area contributed by atoms with Crippen LogP contribution in [-0.4, -0.2) is 29.4 Å². The highest BCUT2D eigenvalue weighted by molar-refractivity contribution is 6.31. The summed E-state index contributed by atoms with van der Waals surface area (Å²) in [5.41, 5.74) is 2.96. The van der Waals surface area contributed by atoms with Gasteiger partial charge in [0.1, 0.15) is 11.5 Å². The number of rotatable bonds is 6. The van der Waals surface area contributed by atoms with Crippen molar-refractivity contribution in [3.63, 3.8) is 0 Å². The SMILES string of the molecule is COc1ccc(-c2nonc2NC(=O)[C@@H](C)Oc2ccc(Cl)c(C)c2)cc1C. The van der Waals surface area contributed by atoms with Crippen LogP contribution in [-0.2, 0) is 4.79 Å². The number of aryl methyl sites for hydroxylation is 2. The van der Waals surface area contributed by atoms with Crippen molar-refractivity contribution in [1.82, 2.24) is 10.3 Å². The highest BCUT2D eigenvalue weighted by Crippen LogP contribution is 2.29. The third-order valence-electron chi connectivity index (χ3n) is 4.21. The van der Waals surface area contributed by atoms with E-state index in [1.54, 1.807) is 32.2 Å². The fraction of sp³-hybridized carbons (Fsp3) is 0.250. The van der Waals surface area contributed by atoms with Gasteiger partial charge < -0.3 is 14.8 Å². The zero-order chi connectivity index (χ0) is 20.3. The predicted octanol–water partition coefficient (Wildman–Crippen LogP) is 4.42. The number of ether oxygens (including phenoxy) is 2. The Morgan fingerprint density at radius 1 is 1.14 bits per heavy atom. The first-order valence-electron chi connectivity index (χ1n) is 8.60. The topological polar surface area (TPSA) is 86.5 Å². The first-order chi connectivity index (χ1) is 13.4. The molecule has 28 heavy (non-hydrogen) atoms. The number of benzene rings is 2. The van der Waals surface area contributed by atoms with E-state index < -0.39 is 6.10 Å². The summed E-state index contributed by atoms with van der Waals surface area (Å²) >= 11 is 6.01. The second-order valence-corrected chi connectivity index (χ2v) is 6.71. The molecule has 0 saturated carbocycles. The maximum absolute atomic E-state index is 12.5. The van der Waals surface area contributed by atoms with Gasteiger partial charge in [0.15, 0.2) is 11.8 Å². The van der Waals surface area contributed by atoms with Crippen molar-refractivity contribution in [3.8, 4) is 22.8 Å². The van der Waals surface area contributed by atoms with Crippen molar-refractivity contribution in [2.24, 2.45) is 0 Å². The maximum atomic E-state index is 12.5. The first-order valence-corrected chi connectivity index (χ1v) is 8.98. The lowest BCUT2D eigenvalue weighted by atomic mass is 10.1. The molecule has 0 fully saturated rings. The molecule has 0 spiro atoms. The summed E-state index contributed by atoms with van der Waals surface area (Å²) in [5, 5.41) is 11.0. The van der Waals surface area contributed by atoms with Crippen LogP contribution in [0.25, 0.3) is 11.3 Å². The summed E-state index contributed by atoms with van der Waals surface area (Å²) in [5.74, 6) is 1.15. The van der Waals surface area contributed by atoms with Crippen molar-refractivity contribution in [2.75, 3.05) is 12.4 Å². The number of methoxy groups -OCH3 is 1. The van der Waals surface area contributed by atoms with Gasteiger partial charge in [0.05, 0.1) is 7.11 Å². The zero-order valence-electron chi connectivity index (χ0n) is 15.9. The van der Waals surface area contributed by atoms with E-state index in [1.807, 2.05) is 32.0 Å². The monoisotopic (exact) mass is 401 g/mol. The average Bonchev–Trinajstić information content (AvgIpc) is 3.12. The lowest BCUT2D eigenvalue weighted by molar-refractivity contribution is -0.122. The smallest absolute Gasteiger partial charge is 0.266 e. The van der Waals surface area contributed by atoms with E-state index in [1.165, 1.54) is 0 Å². The predicted molar refractivity (Wildman–Crippen MR) is 106 cm³/mol. The summed E-state index contributed by atoms with van der Waals surface area (Å²) in [6.07, 6.45) is -0.761. The van der Waals surface area contributed by atoms with Crippen molar-refractivity contribution in [3.05, 3.63) is 52.5 Å². The molecule has 0 bridgehead atoms. The van der Waals surface area contributed by atoms with Gasteiger partial charge >= 0.3 is 0 Å². The zero-order valence-corrected chi connectivity index (χ0v) is 16.7. The standard InChI is InChI=1S/C20H20ClN3O4/c1-11-10-15(6-7-16(11)21)27-13(3)20(25)22-19-18(23-28-24-19)14-5-8-17(26-4)12(2)9-14/h5-10,13H,1-4H3,(H,22,24,25)/t13-/m1/s1. The number of nitrogens with zero attached hydrogens (tertiary/aromatic N) is 2. The van der Waals surface area contributed by atoms with Gasteiger partial charge in [0.25, 0.3) is 5.91 Å². The minimum Gasteiger partial charge on any atom is -0.496 e. The minimum atomic E-state index is -0.761. The van der Waals surface area contributed by atoms with Crippen LogP contribution in [0.1, 0.15) is 18.1 Å². The van der Waals surface area contributed by atoms with Gasteiger partial charge in [0.2, 0.25) is 5.82 Å². The molecule has 0 aliphatic carbocycles. The Balaban J connectivity index is 1.73. The van der Waals surface area contributed by atoms with Gasteiger partial charge in [0, 0.05) is 10.6 Å². The molecule has 1 heterocycles. The number of anilines is 1. The highest BCUT2D eigenvalue weighted by atomic mass is 35.5. The van der Waals surface area contributed by atoms with Gasteiger partial charge in [-0.3, -0.25) is 4.79 Å². The van der Waals surface area contributed by atoms with E-state index in [0.29, 0.717) is 16.5 Å². The molecule has 0 aliphatic rings. The molecule has 8 heteroatoms. The number of carbonyl (C=O) groups is 1. The van der Waals surface area contributed by atoms with E-state index in [0.717, 1.165) is 22.4 Å². The largest absolute Gasteiger partial charge is 0.496 e. The van der Waals surface area contributed by atoms with Gasteiger partial charge in [-0.25, -0.2) is 4.63 Å². The first kappa shape index (κ1) is 19.7. The lowest BCUT2D eigenvalue weighted by Gasteiger charge is -2.14. The second-order valence-electron chi connectivity index (χ2n) is 6.31. The number of nitrogens with one attached hydrogen (secondary N) is 1. The van der Waals surface area contributed by atoms with Crippen molar-refractivity contribution in [1.29, 1.82) is 0 Å². The fourth-order valence-corrected chi connectivity index (χ4v) is 2.77. The van der Waals surface area contributed by atoms with Gasteiger partial charge in [-0.05, 0) is 78.6 Å². The van der Waals surface area contributed by atoms with E-state index in [9.17, 15) is 4.79 Å². The molecule has 3 aromatic rings. The number of halogens is 1. The molecule has 3 rings (SSSR count). The quantitative estimate of drug-likeness (QED) is 0.657. The molecule has 2 aromatic carbocycles. The van der Waals surface area contributed by atoms with Crippen LogP contribution in [0.4, 0.5) is 5.82 Å². The van der Waals surface area contributed by atoms with Crippen molar-refractivity contribution in [2.45, 2.75) is 26.9 Å². The maximum Gasteiger partial charge on any atom is 0.266 e. The van der Waals surface area contributed by atoms with Gasteiger partial charge in [-0.1, -0.05) is 11.6 Å². The van der Waals surface area contributed by atoms with Crippen LogP contribution in [0.2, 0.25) is 5.02 Å². The Hall–Kier alpha value is -3.06. The summed E-state index contributed by atoms with van der Waals surface area (Å²) < 4.78 is 15.8. The minimum absolute atomic E-state index is 0.220. The van der Waals surface area contributed by atoms with E-state index in [2.05, 4.69) is 15.6 Å². The summed E-state index contributed by atoms with van der Waals surface area (Å²) in [4.78, 5) is 12.5. The molecule has 0 saturated heterocycles. The third kappa shape index (κ3) is 4.26. The number of hydrogen-bond donors (Lipinski definition) is 1. The fourth-order valence-electron chi connectivity index (χ4n) is 2.65. The molecule has 1 atom stereocenters. The Kier molecular flexibility index (Phi) is 5.84. The molecule has 1 N–H and O–H groups in total. The molecule has 7 nitrogen and oxygen atoms in total. The summed E-state index contributed by atoms with van der Waals surface area (Å²) in [6.45, 7) is 5.42. The van der Waals surface area contributed by atoms with Crippen LogP contribution in [0.15, 0.2) is 41.0 Å². The van der Waals surface area contributed by atoms with Gasteiger partial charge in [-0.15, -0.1) is 0 Å². The number of hydrogen-bond acceptors (Lipinski definition) is 6. The van der Waals surface area contributed by atoms with Crippen LogP contribution in [0, 0.1) is 13.8 Å². The van der Waals surface area contributed by atoms with Crippen molar-refractivity contribution >= 4 is 23.3 Å². The molecule has 146 valence electrons. The lowest BCUT2D eigenvalue weighted by Crippen LogP contribution is -2.30. The number of amides is 1. The Bertz CT molecular complexity index is 1000. The molecule has 0 aliphatic heterocycles. The molecule has 0 unspecified atom stereocenters. The third-order valence-corrected chi connectivity index (χ3v) is 4.63. The van der Waals surface area contributed by atoms with Crippen molar-refractivity contribution < 1.29 is 18.9 Å². The number of carbonyl (C=O) groups excluding carboxylic acids is 1. The molecule has 1 aromatic heterocycles. The molecule has 0 radical (unpaired) electrons. The van der Waals surface area contributed by atoms with E-state index in [4.69, 9.17) is 25.7 Å². The van der Waals surface area contributed by atoms with Crippen LogP contribution in [0.5, 0.6) is 11.5 Å². The number of aromatic nitrogens is 2. The molecular formula is C20H20ClN3O4. The van der Waals surface area contributed by atoms with E-state index >= 15 is 0 Å². The Labute approximate surface area is 167 Å². The van der Waals surface area contributed by atoms with Crippen LogP contribution in [0.3, 0.4) is 0 Å². The Morgan fingerprint density at radius 2 is 1.93 bits per heavy atom. The van der Waals surface area contributed by atoms with Gasteiger partial charge in [-0.2, -0.15) is 0 Å².